The van der Waals surface area contributed by atoms with Crippen molar-refractivity contribution in [2.45, 2.75) is 33.7 Å². The van der Waals surface area contributed by atoms with E-state index in [2.05, 4.69) is 13.8 Å². The molecule has 0 bridgehead atoms. The van der Waals surface area contributed by atoms with Gasteiger partial charge < -0.3 is 10.6 Å². The van der Waals surface area contributed by atoms with Gasteiger partial charge in [-0.3, -0.25) is 4.79 Å². The van der Waals surface area contributed by atoms with E-state index in [1.54, 1.807) is 12.1 Å². The molecule has 2 N–H and O–H groups in total. The van der Waals surface area contributed by atoms with E-state index < -0.39 is 0 Å². The summed E-state index contributed by atoms with van der Waals surface area (Å²) in [6.07, 6.45) is 0. The summed E-state index contributed by atoms with van der Waals surface area (Å²) in [5, 5.41) is 0.594. The normalized spacial score (nSPS) is 11.2. The Bertz CT molecular complexity index is 450. The number of benzene rings is 1. The van der Waals surface area contributed by atoms with Crippen LogP contribution in [0, 0.1) is 5.92 Å². The molecule has 1 aromatic rings. The lowest BCUT2D eigenvalue weighted by Crippen LogP contribution is -2.39. The summed E-state index contributed by atoms with van der Waals surface area (Å²) in [5.41, 5.74) is 6.55. The van der Waals surface area contributed by atoms with E-state index >= 15 is 0 Å². The summed E-state index contributed by atoms with van der Waals surface area (Å²) in [6.45, 7) is 8.82. The zero-order valence-corrected chi connectivity index (χ0v) is 13.2. The Morgan fingerprint density at radius 1 is 1.26 bits per heavy atom. The maximum Gasteiger partial charge on any atom is 0.254 e. The number of anilines is 1. The Balaban J connectivity index is 3.10. The monoisotopic (exact) mass is 302 g/mol. The van der Waals surface area contributed by atoms with Gasteiger partial charge in [0.2, 0.25) is 0 Å². The third-order valence-corrected chi connectivity index (χ3v) is 3.57. The smallest absolute Gasteiger partial charge is 0.254 e. The van der Waals surface area contributed by atoms with E-state index in [1.807, 2.05) is 18.7 Å². The number of nitrogen functional groups attached to an aromatic ring is 1. The minimum atomic E-state index is -0.0750. The minimum Gasteiger partial charge on any atom is -0.397 e. The fourth-order valence-corrected chi connectivity index (χ4v) is 2.16. The van der Waals surface area contributed by atoms with Crippen LogP contribution in [0.15, 0.2) is 12.1 Å². The van der Waals surface area contributed by atoms with Crippen LogP contribution in [0.25, 0.3) is 0 Å². The molecule has 0 atom stereocenters. The largest absolute Gasteiger partial charge is 0.397 e. The highest BCUT2D eigenvalue weighted by Crippen LogP contribution is 2.30. The SMILES string of the molecule is CC(C)CN(C(=O)c1cc(N)c(Cl)c(Cl)c1)C(C)C. The standard InChI is InChI=1S/C14H20Cl2N2O/c1-8(2)7-18(9(3)4)14(19)10-5-11(15)13(16)12(17)6-10/h5-6,8-9H,7,17H2,1-4H3. The lowest BCUT2D eigenvalue weighted by Gasteiger charge is -2.28. The molecule has 0 radical (unpaired) electrons. The molecule has 0 fully saturated rings. The third kappa shape index (κ3) is 4.02. The van der Waals surface area contributed by atoms with Crippen LogP contribution in [-0.2, 0) is 0 Å². The predicted octanol–water partition coefficient (Wildman–Crippen LogP) is 4.08. The van der Waals surface area contributed by atoms with Crippen LogP contribution in [0.2, 0.25) is 10.0 Å². The fraction of sp³-hybridized carbons (Fsp3) is 0.500. The Hall–Kier alpha value is -0.930. The van der Waals surface area contributed by atoms with Gasteiger partial charge in [-0.1, -0.05) is 37.0 Å². The van der Waals surface area contributed by atoms with Gasteiger partial charge >= 0.3 is 0 Å². The maximum absolute atomic E-state index is 12.5. The van der Waals surface area contributed by atoms with E-state index in [0.29, 0.717) is 28.7 Å². The molecule has 106 valence electrons. The molecule has 5 heteroatoms. The van der Waals surface area contributed by atoms with Crippen LogP contribution in [0.1, 0.15) is 38.1 Å². The van der Waals surface area contributed by atoms with E-state index in [0.717, 1.165) is 0 Å². The van der Waals surface area contributed by atoms with Gasteiger partial charge in [0, 0.05) is 18.2 Å². The van der Waals surface area contributed by atoms with Crippen LogP contribution in [0.3, 0.4) is 0 Å². The average molecular weight is 303 g/mol. The van der Waals surface area contributed by atoms with Gasteiger partial charge in [0.05, 0.1) is 15.7 Å². The lowest BCUT2D eigenvalue weighted by molar-refractivity contribution is 0.0682. The van der Waals surface area contributed by atoms with Crippen molar-refractivity contribution in [3.63, 3.8) is 0 Å². The summed E-state index contributed by atoms with van der Waals surface area (Å²) in [6, 6.07) is 3.26. The highest BCUT2D eigenvalue weighted by molar-refractivity contribution is 6.43. The first-order valence-corrected chi connectivity index (χ1v) is 7.05. The van der Waals surface area contributed by atoms with E-state index in [9.17, 15) is 4.79 Å². The zero-order valence-electron chi connectivity index (χ0n) is 11.7. The second-order valence-corrected chi connectivity index (χ2v) is 6.09. The summed E-state index contributed by atoms with van der Waals surface area (Å²) < 4.78 is 0. The van der Waals surface area contributed by atoms with Crippen LogP contribution in [0.4, 0.5) is 5.69 Å². The highest BCUT2D eigenvalue weighted by Gasteiger charge is 2.21. The zero-order chi connectivity index (χ0) is 14.7. The van der Waals surface area contributed by atoms with Crippen molar-refractivity contribution in [1.29, 1.82) is 0 Å². The number of hydrogen-bond donors (Lipinski definition) is 1. The maximum atomic E-state index is 12.5. The number of nitrogens with two attached hydrogens (primary N) is 1. The van der Waals surface area contributed by atoms with Crippen molar-refractivity contribution < 1.29 is 4.79 Å². The number of nitrogens with zero attached hydrogens (tertiary/aromatic N) is 1. The molecular formula is C14H20Cl2N2O. The third-order valence-electron chi connectivity index (χ3n) is 2.75. The van der Waals surface area contributed by atoms with Gasteiger partial charge in [-0.05, 0) is 31.9 Å². The molecule has 1 aromatic carbocycles. The van der Waals surface area contributed by atoms with Crippen molar-refractivity contribution in [1.82, 2.24) is 4.90 Å². The predicted molar refractivity (Wildman–Crippen MR) is 81.9 cm³/mol. The number of carbonyl (C=O) groups excluding carboxylic acids is 1. The van der Waals surface area contributed by atoms with Crippen molar-refractivity contribution >= 4 is 34.8 Å². The van der Waals surface area contributed by atoms with Crippen molar-refractivity contribution in [3.05, 3.63) is 27.7 Å². The number of rotatable bonds is 4. The van der Waals surface area contributed by atoms with Crippen molar-refractivity contribution in [3.8, 4) is 0 Å². The summed E-state index contributed by atoms with van der Waals surface area (Å²) >= 11 is 11.9. The molecular weight excluding hydrogens is 283 g/mol. The molecule has 0 heterocycles. The first kappa shape index (κ1) is 16.1. The van der Waals surface area contributed by atoms with Gasteiger partial charge in [-0.25, -0.2) is 0 Å². The van der Waals surface area contributed by atoms with Gasteiger partial charge in [-0.15, -0.1) is 0 Å². The molecule has 0 unspecified atom stereocenters. The van der Waals surface area contributed by atoms with Crippen molar-refractivity contribution in [2.75, 3.05) is 12.3 Å². The molecule has 1 rings (SSSR count). The van der Waals surface area contributed by atoms with Crippen LogP contribution >= 0.6 is 23.2 Å². The summed E-state index contributed by atoms with van der Waals surface area (Å²) in [5.74, 6) is 0.320. The second-order valence-electron chi connectivity index (χ2n) is 5.31. The Morgan fingerprint density at radius 2 is 1.84 bits per heavy atom. The number of amides is 1. The first-order chi connectivity index (χ1) is 8.73. The molecule has 1 amide bonds. The van der Waals surface area contributed by atoms with E-state index in [4.69, 9.17) is 28.9 Å². The number of carbonyl (C=O) groups is 1. The molecule has 0 aliphatic carbocycles. The summed E-state index contributed by atoms with van der Waals surface area (Å²) in [4.78, 5) is 14.3. The fourth-order valence-electron chi connectivity index (χ4n) is 1.82. The van der Waals surface area contributed by atoms with E-state index in [1.165, 1.54) is 0 Å². The van der Waals surface area contributed by atoms with Crippen LogP contribution < -0.4 is 5.73 Å². The van der Waals surface area contributed by atoms with E-state index in [-0.39, 0.29) is 17.0 Å². The van der Waals surface area contributed by atoms with Crippen LogP contribution in [-0.4, -0.2) is 23.4 Å². The molecule has 0 saturated heterocycles. The Labute approximate surface area is 124 Å². The highest BCUT2D eigenvalue weighted by atomic mass is 35.5. The lowest BCUT2D eigenvalue weighted by atomic mass is 10.1. The van der Waals surface area contributed by atoms with Gasteiger partial charge in [-0.2, -0.15) is 0 Å². The number of hydrogen-bond acceptors (Lipinski definition) is 2. The molecule has 0 spiro atoms. The number of halogens is 2. The van der Waals surface area contributed by atoms with Gasteiger partial charge in [0.25, 0.3) is 5.91 Å². The molecule has 3 nitrogen and oxygen atoms in total. The molecule has 0 aliphatic rings. The molecule has 19 heavy (non-hydrogen) atoms. The van der Waals surface area contributed by atoms with Crippen LogP contribution in [0.5, 0.6) is 0 Å². The second kappa shape index (κ2) is 6.49. The average Bonchev–Trinajstić information content (AvgIpc) is 2.31. The van der Waals surface area contributed by atoms with Gasteiger partial charge in [0.1, 0.15) is 0 Å². The topological polar surface area (TPSA) is 46.3 Å². The quantitative estimate of drug-likeness (QED) is 0.852. The first-order valence-electron chi connectivity index (χ1n) is 6.29. The Kier molecular flexibility index (Phi) is 5.50. The minimum absolute atomic E-state index is 0.0750. The summed E-state index contributed by atoms with van der Waals surface area (Å²) in [7, 11) is 0. The molecule has 0 saturated carbocycles. The van der Waals surface area contributed by atoms with Crippen molar-refractivity contribution in [2.24, 2.45) is 5.92 Å². The molecule has 0 aliphatic heterocycles. The van der Waals surface area contributed by atoms with Gasteiger partial charge in [0.15, 0.2) is 0 Å². The molecule has 0 aromatic heterocycles. The Morgan fingerprint density at radius 3 is 2.26 bits per heavy atom.